The number of anilines is 6. The van der Waals surface area contributed by atoms with Gasteiger partial charge in [0.1, 0.15) is 22.7 Å². The van der Waals surface area contributed by atoms with Gasteiger partial charge in [-0.25, -0.2) is 0 Å². The molecule has 0 N–H and O–H groups in total. The highest BCUT2D eigenvalue weighted by Gasteiger charge is 2.52. The second-order valence-corrected chi connectivity index (χ2v) is 18.0. The van der Waals surface area contributed by atoms with Gasteiger partial charge in [0.15, 0.2) is 0 Å². The number of hydrogen-bond donors (Lipinski definition) is 0. The van der Waals surface area contributed by atoms with Crippen LogP contribution in [0.1, 0.15) is 22.3 Å². The monoisotopic (exact) mass is 882 g/mol. The Labute approximate surface area is 400 Å². The molecular weight excluding hydrogens is 841 g/mol. The summed E-state index contributed by atoms with van der Waals surface area (Å²) in [6, 6.07) is 91.6. The fourth-order valence-electron chi connectivity index (χ4n) is 11.4. The molecule has 14 rings (SSSR count). The average Bonchev–Trinajstić information content (AvgIpc) is 3.93. The van der Waals surface area contributed by atoms with E-state index in [1.165, 1.54) is 33.0 Å². The third kappa shape index (κ3) is 5.95. The fourth-order valence-corrected chi connectivity index (χ4v) is 11.4. The summed E-state index contributed by atoms with van der Waals surface area (Å²) >= 11 is 0. The highest BCUT2D eigenvalue weighted by Crippen LogP contribution is 2.64. The lowest BCUT2D eigenvalue weighted by Gasteiger charge is -2.39. The number of benzene rings is 11. The lowest BCUT2D eigenvalue weighted by Crippen LogP contribution is -2.32. The maximum absolute atomic E-state index is 6.69. The first kappa shape index (κ1) is 39.1. The predicted octanol–water partition coefficient (Wildman–Crippen LogP) is 17.8. The van der Waals surface area contributed by atoms with E-state index in [0.717, 1.165) is 89.8 Å². The van der Waals surface area contributed by atoms with Crippen molar-refractivity contribution >= 4 is 66.8 Å². The van der Waals surface area contributed by atoms with Crippen LogP contribution in [0.5, 0.6) is 11.5 Å². The number of fused-ring (bicyclic) bond motifs is 13. The van der Waals surface area contributed by atoms with Crippen LogP contribution in [-0.4, -0.2) is 0 Å². The van der Waals surface area contributed by atoms with Gasteiger partial charge in [-0.3, -0.25) is 0 Å². The van der Waals surface area contributed by atoms with Crippen LogP contribution in [0.3, 0.4) is 0 Å². The minimum absolute atomic E-state index is 0.604. The summed E-state index contributed by atoms with van der Waals surface area (Å²) in [5, 5.41) is 4.56. The zero-order valence-electron chi connectivity index (χ0n) is 37.5. The van der Waals surface area contributed by atoms with Crippen LogP contribution in [0, 0.1) is 0 Å². The van der Waals surface area contributed by atoms with Crippen molar-refractivity contribution in [2.45, 2.75) is 5.41 Å². The number of nitrogens with zero attached hydrogens (tertiary/aromatic N) is 2. The van der Waals surface area contributed by atoms with Gasteiger partial charge in [0.2, 0.25) is 0 Å². The molecule has 12 aromatic rings. The Bertz CT molecular complexity index is 3870. The average molecular weight is 883 g/mol. The van der Waals surface area contributed by atoms with Crippen LogP contribution >= 0.6 is 0 Å². The molecule has 0 saturated heterocycles. The third-order valence-corrected chi connectivity index (χ3v) is 14.3. The molecule has 0 atom stereocenters. The lowest BCUT2D eigenvalue weighted by atomic mass is 9.66. The van der Waals surface area contributed by atoms with Crippen molar-refractivity contribution in [3.8, 4) is 33.8 Å². The highest BCUT2D eigenvalue weighted by molar-refractivity contribution is 6.07. The van der Waals surface area contributed by atoms with Crippen LogP contribution in [0.25, 0.3) is 55.0 Å². The van der Waals surface area contributed by atoms with E-state index in [1.807, 2.05) is 12.1 Å². The number of hydrogen-bond acceptors (Lipinski definition) is 4. The minimum Gasteiger partial charge on any atom is -0.457 e. The van der Waals surface area contributed by atoms with E-state index < -0.39 is 5.41 Å². The minimum atomic E-state index is -0.604. The second-order valence-electron chi connectivity index (χ2n) is 18.0. The smallest absolute Gasteiger partial charge is 0.137 e. The van der Waals surface area contributed by atoms with Crippen LogP contribution in [-0.2, 0) is 5.41 Å². The van der Waals surface area contributed by atoms with Crippen molar-refractivity contribution in [1.29, 1.82) is 0 Å². The van der Waals surface area contributed by atoms with E-state index in [4.69, 9.17) is 9.15 Å². The Balaban J connectivity index is 0.978. The van der Waals surface area contributed by atoms with Crippen molar-refractivity contribution in [3.05, 3.63) is 277 Å². The van der Waals surface area contributed by atoms with E-state index in [-0.39, 0.29) is 0 Å². The summed E-state index contributed by atoms with van der Waals surface area (Å²) in [4.78, 5) is 4.78. The molecule has 0 saturated carbocycles. The molecule has 2 heterocycles. The molecule has 11 aromatic carbocycles. The van der Waals surface area contributed by atoms with Gasteiger partial charge >= 0.3 is 0 Å². The third-order valence-electron chi connectivity index (χ3n) is 14.3. The molecule has 0 fully saturated rings. The van der Waals surface area contributed by atoms with Crippen molar-refractivity contribution in [2.24, 2.45) is 0 Å². The molecule has 0 amide bonds. The number of rotatable bonds is 7. The van der Waals surface area contributed by atoms with Crippen molar-refractivity contribution < 1.29 is 9.15 Å². The van der Waals surface area contributed by atoms with Gasteiger partial charge < -0.3 is 19.0 Å². The largest absolute Gasteiger partial charge is 0.457 e. The van der Waals surface area contributed by atoms with Crippen LogP contribution < -0.4 is 14.5 Å². The second kappa shape index (κ2) is 15.5. The summed E-state index contributed by atoms with van der Waals surface area (Å²) in [5.41, 5.74) is 16.9. The highest BCUT2D eigenvalue weighted by atomic mass is 16.5. The molecule has 0 bridgehead atoms. The van der Waals surface area contributed by atoms with E-state index in [2.05, 4.69) is 252 Å². The number of ether oxygens (including phenoxy) is 1. The summed E-state index contributed by atoms with van der Waals surface area (Å²) in [5.74, 6) is 1.75. The zero-order chi connectivity index (χ0) is 45.5. The van der Waals surface area contributed by atoms with Crippen LogP contribution in [0.15, 0.2) is 259 Å². The fraction of sp³-hybridized carbons (Fsp3) is 0.0154. The van der Waals surface area contributed by atoms with Gasteiger partial charge in [0, 0.05) is 61.7 Å². The van der Waals surface area contributed by atoms with Gasteiger partial charge in [-0.2, -0.15) is 0 Å². The first-order chi connectivity index (χ1) is 34.2. The maximum Gasteiger partial charge on any atom is 0.137 e. The normalized spacial score (nSPS) is 12.9. The van der Waals surface area contributed by atoms with Gasteiger partial charge in [0.25, 0.3) is 0 Å². The lowest BCUT2D eigenvalue weighted by molar-refractivity contribution is 0.436. The van der Waals surface area contributed by atoms with Gasteiger partial charge in [0.05, 0.1) is 16.8 Å². The molecule has 4 heteroatoms. The summed E-state index contributed by atoms with van der Waals surface area (Å²) in [6.07, 6.45) is 0. The zero-order valence-corrected chi connectivity index (χ0v) is 37.5. The SMILES string of the molecule is c1ccc(N(c2ccccc2)c2cc(-c3ccc(N(c4ccc5c(c4)oc4ccccc45)c4cccc5c4-c4ccccc4C54c5ccccc5Oc5ccccc54)cc3)cc3ccccc23)cc1. The Morgan fingerprint density at radius 1 is 0.319 bits per heavy atom. The standard InChI is InChI=1S/C65H42N2O2/c1-3-19-46(20-4-1)66(47-21-5-2-6-22-47)59-41-45(40-44-18-7-8-23-50(44)59)43-34-36-48(37-35-43)67(49-38-39-52-51-24-10-14-31-60(51)68-63(52)42-49)58-30-17-29-57-64(58)53-25-9-11-26-54(53)65(57)55-27-12-15-32-61(55)69-62-33-16-13-28-56(62)65/h1-42H. The number of furan rings is 1. The predicted molar refractivity (Wildman–Crippen MR) is 283 cm³/mol. The number of para-hydroxylation sites is 5. The summed E-state index contributed by atoms with van der Waals surface area (Å²) < 4.78 is 13.3. The molecule has 0 unspecified atom stereocenters. The molecule has 1 aromatic heterocycles. The maximum atomic E-state index is 6.69. The van der Waals surface area contributed by atoms with Crippen molar-refractivity contribution in [3.63, 3.8) is 0 Å². The molecule has 2 aliphatic rings. The Morgan fingerprint density at radius 3 is 1.61 bits per heavy atom. The van der Waals surface area contributed by atoms with Gasteiger partial charge in [-0.05, 0) is 118 Å². The molecule has 324 valence electrons. The van der Waals surface area contributed by atoms with E-state index in [1.54, 1.807) is 0 Å². The van der Waals surface area contributed by atoms with E-state index in [0.29, 0.717) is 0 Å². The first-order valence-electron chi connectivity index (χ1n) is 23.6. The van der Waals surface area contributed by atoms with Crippen molar-refractivity contribution in [1.82, 2.24) is 0 Å². The van der Waals surface area contributed by atoms with Gasteiger partial charge in [-0.15, -0.1) is 0 Å². The Kier molecular flexibility index (Phi) is 8.77. The van der Waals surface area contributed by atoms with Crippen LogP contribution in [0.2, 0.25) is 0 Å². The topological polar surface area (TPSA) is 28.9 Å². The molecule has 0 radical (unpaired) electrons. The van der Waals surface area contributed by atoms with E-state index >= 15 is 0 Å². The molecule has 4 nitrogen and oxygen atoms in total. The quantitative estimate of drug-likeness (QED) is 0.159. The molecule has 1 aliphatic carbocycles. The summed E-state index contributed by atoms with van der Waals surface area (Å²) in [6.45, 7) is 0. The molecule has 1 aliphatic heterocycles. The molecular formula is C65H42N2O2. The van der Waals surface area contributed by atoms with Crippen molar-refractivity contribution in [2.75, 3.05) is 9.80 Å². The first-order valence-corrected chi connectivity index (χ1v) is 23.6. The van der Waals surface area contributed by atoms with Crippen LogP contribution in [0.4, 0.5) is 34.1 Å². The Hall–Kier alpha value is -9.12. The van der Waals surface area contributed by atoms with E-state index in [9.17, 15) is 0 Å². The Morgan fingerprint density at radius 2 is 0.870 bits per heavy atom. The van der Waals surface area contributed by atoms with Gasteiger partial charge in [-0.1, -0.05) is 164 Å². The molecule has 1 spiro atoms. The summed E-state index contributed by atoms with van der Waals surface area (Å²) in [7, 11) is 0. The molecule has 69 heavy (non-hydrogen) atoms.